The summed E-state index contributed by atoms with van der Waals surface area (Å²) in [4.78, 5) is 16.3. The van der Waals surface area contributed by atoms with E-state index in [0.29, 0.717) is 12.1 Å². The first-order chi connectivity index (χ1) is 9.14. The second-order valence-corrected chi connectivity index (χ2v) is 4.50. The molecule has 0 saturated carbocycles. The molecule has 0 atom stereocenters. The van der Waals surface area contributed by atoms with Crippen LogP contribution in [0.15, 0.2) is 30.6 Å². The SMILES string of the molecule is CCC(CO)(CO)NC(=O)c1cn2ccccc2n1. The Balaban J connectivity index is 2.24. The molecule has 2 heterocycles. The predicted molar refractivity (Wildman–Crippen MR) is 69.9 cm³/mol. The van der Waals surface area contributed by atoms with Gasteiger partial charge in [-0.15, -0.1) is 0 Å². The zero-order valence-corrected chi connectivity index (χ0v) is 10.7. The van der Waals surface area contributed by atoms with Crippen molar-refractivity contribution in [3.05, 3.63) is 36.3 Å². The lowest BCUT2D eigenvalue weighted by atomic mass is 9.98. The summed E-state index contributed by atoms with van der Waals surface area (Å²) in [6.07, 6.45) is 3.84. The Morgan fingerprint density at radius 3 is 2.74 bits per heavy atom. The fourth-order valence-corrected chi connectivity index (χ4v) is 1.79. The van der Waals surface area contributed by atoms with E-state index in [0.717, 1.165) is 0 Å². The largest absolute Gasteiger partial charge is 0.394 e. The van der Waals surface area contributed by atoms with E-state index in [4.69, 9.17) is 0 Å². The van der Waals surface area contributed by atoms with Gasteiger partial charge < -0.3 is 19.9 Å². The molecule has 102 valence electrons. The summed E-state index contributed by atoms with van der Waals surface area (Å²) in [6.45, 7) is 1.15. The maximum atomic E-state index is 12.1. The summed E-state index contributed by atoms with van der Waals surface area (Å²) in [5, 5.41) is 21.3. The molecular weight excluding hydrogens is 246 g/mol. The van der Waals surface area contributed by atoms with E-state index in [1.165, 1.54) is 0 Å². The summed E-state index contributed by atoms with van der Waals surface area (Å²) in [7, 11) is 0. The molecule has 0 spiro atoms. The highest BCUT2D eigenvalue weighted by Crippen LogP contribution is 2.11. The van der Waals surface area contributed by atoms with Gasteiger partial charge in [-0.2, -0.15) is 0 Å². The number of hydrogen-bond acceptors (Lipinski definition) is 4. The lowest BCUT2D eigenvalue weighted by Gasteiger charge is -2.29. The quantitative estimate of drug-likeness (QED) is 0.719. The number of carbonyl (C=O) groups excluding carboxylic acids is 1. The average molecular weight is 263 g/mol. The molecule has 1 amide bonds. The molecule has 0 saturated heterocycles. The Labute approximate surface area is 110 Å². The van der Waals surface area contributed by atoms with Crippen molar-refractivity contribution in [2.75, 3.05) is 13.2 Å². The Morgan fingerprint density at radius 2 is 2.16 bits per heavy atom. The van der Waals surface area contributed by atoms with Crippen molar-refractivity contribution in [3.8, 4) is 0 Å². The number of aromatic nitrogens is 2. The fraction of sp³-hybridized carbons (Fsp3) is 0.385. The number of aliphatic hydroxyl groups excluding tert-OH is 2. The van der Waals surface area contributed by atoms with E-state index in [1.807, 2.05) is 12.1 Å². The molecule has 0 aliphatic rings. The molecule has 0 aromatic carbocycles. The Hall–Kier alpha value is -1.92. The van der Waals surface area contributed by atoms with Crippen LogP contribution in [0.25, 0.3) is 5.65 Å². The van der Waals surface area contributed by atoms with Crippen LogP contribution in [0, 0.1) is 0 Å². The third kappa shape index (κ3) is 2.59. The first-order valence-electron chi connectivity index (χ1n) is 6.12. The number of pyridine rings is 1. The third-order valence-corrected chi connectivity index (χ3v) is 3.26. The van der Waals surface area contributed by atoms with Gasteiger partial charge in [0.1, 0.15) is 11.3 Å². The normalized spacial score (nSPS) is 11.7. The molecule has 3 N–H and O–H groups in total. The van der Waals surface area contributed by atoms with Gasteiger partial charge in [-0.25, -0.2) is 4.98 Å². The number of nitrogens with zero attached hydrogens (tertiary/aromatic N) is 2. The number of imidazole rings is 1. The van der Waals surface area contributed by atoms with Gasteiger partial charge in [0.2, 0.25) is 0 Å². The van der Waals surface area contributed by atoms with Crippen molar-refractivity contribution >= 4 is 11.6 Å². The van der Waals surface area contributed by atoms with Gasteiger partial charge in [0.25, 0.3) is 5.91 Å². The molecule has 0 radical (unpaired) electrons. The van der Waals surface area contributed by atoms with Crippen molar-refractivity contribution in [1.82, 2.24) is 14.7 Å². The first-order valence-corrected chi connectivity index (χ1v) is 6.12. The lowest BCUT2D eigenvalue weighted by Crippen LogP contribution is -2.53. The Bertz CT molecular complexity index is 534. The van der Waals surface area contributed by atoms with Crippen LogP contribution in [0.1, 0.15) is 23.8 Å². The van der Waals surface area contributed by atoms with Gasteiger partial charge in [-0.05, 0) is 18.6 Å². The summed E-state index contributed by atoms with van der Waals surface area (Å²) >= 11 is 0. The number of rotatable bonds is 5. The highest BCUT2D eigenvalue weighted by atomic mass is 16.3. The molecule has 6 heteroatoms. The average Bonchev–Trinajstić information content (AvgIpc) is 2.89. The number of amides is 1. The summed E-state index contributed by atoms with van der Waals surface area (Å²) in [5.41, 5.74) is -0.0824. The minimum atomic E-state index is -1.01. The van der Waals surface area contributed by atoms with Crippen LogP contribution in [0.3, 0.4) is 0 Å². The van der Waals surface area contributed by atoms with Crippen molar-refractivity contribution in [2.24, 2.45) is 0 Å². The molecule has 2 aromatic rings. The van der Waals surface area contributed by atoms with E-state index in [2.05, 4.69) is 10.3 Å². The van der Waals surface area contributed by atoms with Crippen molar-refractivity contribution in [3.63, 3.8) is 0 Å². The molecule has 2 rings (SSSR count). The minimum Gasteiger partial charge on any atom is -0.394 e. The van der Waals surface area contributed by atoms with Crippen LogP contribution in [-0.4, -0.2) is 44.3 Å². The molecule has 0 bridgehead atoms. The lowest BCUT2D eigenvalue weighted by molar-refractivity contribution is 0.0649. The van der Waals surface area contributed by atoms with Crippen LogP contribution in [-0.2, 0) is 0 Å². The van der Waals surface area contributed by atoms with E-state index in [9.17, 15) is 15.0 Å². The maximum Gasteiger partial charge on any atom is 0.272 e. The van der Waals surface area contributed by atoms with Gasteiger partial charge >= 0.3 is 0 Å². The van der Waals surface area contributed by atoms with Crippen molar-refractivity contribution in [1.29, 1.82) is 0 Å². The summed E-state index contributed by atoms with van der Waals surface area (Å²) in [5.74, 6) is -0.409. The number of aliphatic hydroxyl groups is 2. The van der Waals surface area contributed by atoms with Gasteiger partial charge in [0.05, 0.1) is 18.8 Å². The van der Waals surface area contributed by atoms with E-state index >= 15 is 0 Å². The van der Waals surface area contributed by atoms with Gasteiger partial charge in [-0.3, -0.25) is 4.79 Å². The van der Waals surface area contributed by atoms with Crippen LogP contribution in [0.5, 0.6) is 0 Å². The second kappa shape index (κ2) is 5.38. The molecule has 2 aromatic heterocycles. The number of nitrogens with one attached hydrogen (secondary N) is 1. The molecule has 0 unspecified atom stereocenters. The molecule has 0 aliphatic heterocycles. The van der Waals surface area contributed by atoms with Gasteiger partial charge in [0.15, 0.2) is 0 Å². The van der Waals surface area contributed by atoms with Gasteiger partial charge in [0, 0.05) is 12.4 Å². The molecule has 0 fully saturated rings. The van der Waals surface area contributed by atoms with Gasteiger partial charge in [-0.1, -0.05) is 13.0 Å². The van der Waals surface area contributed by atoms with Crippen LogP contribution in [0.4, 0.5) is 0 Å². The fourth-order valence-electron chi connectivity index (χ4n) is 1.79. The van der Waals surface area contributed by atoms with Crippen LogP contribution < -0.4 is 5.32 Å². The van der Waals surface area contributed by atoms with Crippen molar-refractivity contribution in [2.45, 2.75) is 18.9 Å². The zero-order chi connectivity index (χ0) is 13.9. The van der Waals surface area contributed by atoms with Crippen LogP contribution in [0.2, 0.25) is 0 Å². The minimum absolute atomic E-state index is 0.255. The smallest absolute Gasteiger partial charge is 0.272 e. The third-order valence-electron chi connectivity index (χ3n) is 3.26. The first kappa shape index (κ1) is 13.5. The van der Waals surface area contributed by atoms with Crippen molar-refractivity contribution < 1.29 is 15.0 Å². The highest BCUT2D eigenvalue weighted by Gasteiger charge is 2.29. The van der Waals surface area contributed by atoms with E-state index in [-0.39, 0.29) is 18.9 Å². The maximum absolute atomic E-state index is 12.1. The number of fused-ring (bicyclic) bond motifs is 1. The van der Waals surface area contributed by atoms with E-state index < -0.39 is 11.4 Å². The van der Waals surface area contributed by atoms with E-state index in [1.54, 1.807) is 29.8 Å². The Kier molecular flexibility index (Phi) is 3.82. The molecule has 0 aliphatic carbocycles. The Morgan fingerprint density at radius 1 is 1.42 bits per heavy atom. The highest BCUT2D eigenvalue weighted by molar-refractivity contribution is 5.93. The second-order valence-electron chi connectivity index (χ2n) is 4.50. The monoisotopic (exact) mass is 263 g/mol. The van der Waals surface area contributed by atoms with Crippen LogP contribution >= 0.6 is 0 Å². The number of carbonyl (C=O) groups is 1. The standard InChI is InChI=1S/C13H17N3O3/c1-2-13(8-17,9-18)15-12(19)10-7-16-6-4-3-5-11(16)14-10/h3-7,17-18H,2,8-9H2,1H3,(H,15,19). The molecule has 19 heavy (non-hydrogen) atoms. The molecule has 6 nitrogen and oxygen atoms in total. The summed E-state index contributed by atoms with van der Waals surface area (Å²) in [6, 6.07) is 5.47. The topological polar surface area (TPSA) is 86.9 Å². The summed E-state index contributed by atoms with van der Waals surface area (Å²) < 4.78 is 1.74. The molecular formula is C13H17N3O3. The zero-order valence-electron chi connectivity index (χ0n) is 10.7. The predicted octanol–water partition coefficient (Wildman–Crippen LogP) is 0.197. The number of hydrogen-bond donors (Lipinski definition) is 3.